The van der Waals surface area contributed by atoms with Gasteiger partial charge in [0.1, 0.15) is 6.04 Å². The maximum atomic E-state index is 13.0. The number of halogens is 8. The maximum absolute atomic E-state index is 13.0. The summed E-state index contributed by atoms with van der Waals surface area (Å²) in [6.07, 6.45) is -10.6. The van der Waals surface area contributed by atoms with E-state index in [9.17, 15) is 35.9 Å². The lowest BCUT2D eigenvalue weighted by Gasteiger charge is -2.19. The van der Waals surface area contributed by atoms with Gasteiger partial charge in [-0.1, -0.05) is 29.3 Å². The second-order valence-electron chi connectivity index (χ2n) is 6.25. The highest BCUT2D eigenvalue weighted by atomic mass is 35.5. The molecule has 0 aliphatic rings. The van der Waals surface area contributed by atoms with E-state index in [-0.39, 0.29) is 40.2 Å². The molecule has 168 valence electrons. The van der Waals surface area contributed by atoms with Crippen molar-refractivity contribution in [3.63, 3.8) is 0 Å². The van der Waals surface area contributed by atoms with Crippen LogP contribution in [-0.4, -0.2) is 25.0 Å². The Morgan fingerprint density at radius 3 is 1.87 bits per heavy atom. The van der Waals surface area contributed by atoms with Crippen LogP contribution in [0, 0.1) is 0 Å². The second kappa shape index (κ2) is 9.35. The Balaban J connectivity index is 2.42. The smallest absolute Gasteiger partial charge is 0.416 e. The topological polar surface area (TPSA) is 55.4 Å². The Hall–Kier alpha value is -2.46. The number of carbonyl (C=O) groups excluding carboxylic acids is 2. The molecular formula is C19H13Cl2F6NO3. The molecule has 0 radical (unpaired) electrons. The summed E-state index contributed by atoms with van der Waals surface area (Å²) in [5.41, 5.74) is -4.06. The molecule has 2 aromatic carbocycles. The van der Waals surface area contributed by atoms with Crippen LogP contribution in [0.4, 0.5) is 26.3 Å². The third-order valence-corrected chi connectivity index (χ3v) is 4.82. The molecule has 1 amide bonds. The van der Waals surface area contributed by atoms with Crippen LogP contribution in [-0.2, 0) is 28.3 Å². The van der Waals surface area contributed by atoms with Crippen LogP contribution in [0.15, 0.2) is 36.4 Å². The fraction of sp³-hybridized carbons (Fsp3) is 0.263. The largest absolute Gasteiger partial charge is 0.467 e. The summed E-state index contributed by atoms with van der Waals surface area (Å²) in [5, 5.41) is 2.35. The van der Waals surface area contributed by atoms with Gasteiger partial charge in [0.05, 0.1) is 18.2 Å². The van der Waals surface area contributed by atoms with Gasteiger partial charge in [0.2, 0.25) is 0 Å². The van der Waals surface area contributed by atoms with Gasteiger partial charge >= 0.3 is 18.3 Å². The van der Waals surface area contributed by atoms with Crippen molar-refractivity contribution in [3.05, 3.63) is 68.7 Å². The quantitative estimate of drug-likeness (QED) is 0.444. The number of nitrogens with one attached hydrogen (secondary N) is 1. The number of ether oxygens (including phenoxy) is 1. The number of amides is 1. The first-order valence-electron chi connectivity index (χ1n) is 8.35. The fourth-order valence-electron chi connectivity index (χ4n) is 2.59. The van der Waals surface area contributed by atoms with Gasteiger partial charge in [-0.25, -0.2) is 4.79 Å². The van der Waals surface area contributed by atoms with Crippen molar-refractivity contribution in [2.24, 2.45) is 0 Å². The van der Waals surface area contributed by atoms with E-state index in [1.165, 1.54) is 18.2 Å². The standard InChI is InChI=1S/C19H13Cl2F6NO3/c1-31-17(30)15(8-12-13(20)3-2-4-14(12)21)28-16(29)9-5-10(18(22,23)24)7-11(6-9)19(25,26)27/h2-7,15H,8H2,1H3,(H,28,29)/t15-/m0/s1. The van der Waals surface area contributed by atoms with E-state index in [1.54, 1.807) is 0 Å². The minimum Gasteiger partial charge on any atom is -0.467 e. The minimum absolute atomic E-state index is 0.113. The van der Waals surface area contributed by atoms with Gasteiger partial charge in [0.25, 0.3) is 5.91 Å². The first kappa shape index (κ1) is 24.8. The molecule has 0 aliphatic heterocycles. The highest BCUT2D eigenvalue weighted by Crippen LogP contribution is 2.36. The van der Waals surface area contributed by atoms with Crippen molar-refractivity contribution in [1.29, 1.82) is 0 Å². The molecule has 0 heterocycles. The molecule has 12 heteroatoms. The third kappa shape index (κ3) is 6.27. The molecule has 31 heavy (non-hydrogen) atoms. The summed E-state index contributed by atoms with van der Waals surface area (Å²) in [7, 11) is 0.988. The SMILES string of the molecule is COC(=O)[C@H](Cc1c(Cl)cccc1Cl)NC(=O)c1cc(C(F)(F)F)cc(C(F)(F)F)c1. The molecule has 2 aromatic rings. The van der Waals surface area contributed by atoms with Crippen LogP contribution in [0.25, 0.3) is 0 Å². The summed E-state index contributed by atoms with van der Waals surface area (Å²) in [4.78, 5) is 24.5. The predicted octanol–water partition coefficient (Wildman–Crippen LogP) is 5.55. The molecule has 2 rings (SSSR count). The molecule has 0 bridgehead atoms. The molecular weight excluding hydrogens is 475 g/mol. The Morgan fingerprint density at radius 2 is 1.45 bits per heavy atom. The Bertz CT molecular complexity index is 939. The van der Waals surface area contributed by atoms with Gasteiger partial charge in [-0.3, -0.25) is 4.79 Å². The Morgan fingerprint density at radius 1 is 0.968 bits per heavy atom. The monoisotopic (exact) mass is 487 g/mol. The lowest BCUT2D eigenvalue weighted by molar-refractivity contribution is -0.144. The number of carbonyl (C=O) groups is 2. The molecule has 0 saturated heterocycles. The molecule has 4 nitrogen and oxygen atoms in total. The van der Waals surface area contributed by atoms with Crippen molar-refractivity contribution in [3.8, 4) is 0 Å². The zero-order valence-electron chi connectivity index (χ0n) is 15.5. The summed E-state index contributed by atoms with van der Waals surface area (Å²) in [6.45, 7) is 0. The van der Waals surface area contributed by atoms with Crippen LogP contribution < -0.4 is 5.32 Å². The number of esters is 1. The number of hydrogen-bond acceptors (Lipinski definition) is 3. The molecule has 0 fully saturated rings. The number of alkyl halides is 6. The Labute approximate surface area is 182 Å². The second-order valence-corrected chi connectivity index (χ2v) is 7.06. The van der Waals surface area contributed by atoms with Crippen LogP contribution in [0.5, 0.6) is 0 Å². The van der Waals surface area contributed by atoms with E-state index in [0.29, 0.717) is 0 Å². The first-order chi connectivity index (χ1) is 14.2. The van der Waals surface area contributed by atoms with Crippen LogP contribution in [0.2, 0.25) is 10.0 Å². The zero-order valence-corrected chi connectivity index (χ0v) is 17.0. The fourth-order valence-corrected chi connectivity index (χ4v) is 3.15. The van der Waals surface area contributed by atoms with E-state index in [2.05, 4.69) is 10.1 Å². The van der Waals surface area contributed by atoms with E-state index in [1.807, 2.05) is 0 Å². The van der Waals surface area contributed by atoms with Crippen molar-refractivity contribution in [2.45, 2.75) is 24.8 Å². The third-order valence-electron chi connectivity index (χ3n) is 4.11. The number of benzene rings is 2. The maximum Gasteiger partial charge on any atom is 0.416 e. The van der Waals surface area contributed by atoms with Gasteiger partial charge in [0.15, 0.2) is 0 Å². The van der Waals surface area contributed by atoms with Crippen LogP contribution in [0.3, 0.4) is 0 Å². The van der Waals surface area contributed by atoms with Gasteiger partial charge < -0.3 is 10.1 Å². The lowest BCUT2D eigenvalue weighted by atomic mass is 10.0. The normalized spacial score (nSPS) is 12.9. The lowest BCUT2D eigenvalue weighted by Crippen LogP contribution is -2.43. The highest BCUT2D eigenvalue weighted by molar-refractivity contribution is 6.36. The average molecular weight is 488 g/mol. The summed E-state index contributed by atoms with van der Waals surface area (Å²) in [6, 6.07) is 3.31. The molecule has 0 aromatic heterocycles. The number of hydrogen-bond donors (Lipinski definition) is 1. The molecule has 1 atom stereocenters. The minimum atomic E-state index is -5.14. The number of methoxy groups -OCH3 is 1. The van der Waals surface area contributed by atoms with Crippen molar-refractivity contribution in [1.82, 2.24) is 5.32 Å². The van der Waals surface area contributed by atoms with Gasteiger partial charge in [-0.15, -0.1) is 0 Å². The van der Waals surface area contributed by atoms with Gasteiger partial charge in [0, 0.05) is 22.0 Å². The number of rotatable bonds is 5. The van der Waals surface area contributed by atoms with Crippen LogP contribution in [0.1, 0.15) is 27.0 Å². The molecule has 0 saturated carbocycles. The summed E-state index contributed by atoms with van der Waals surface area (Å²) >= 11 is 12.0. The molecule has 0 aliphatic carbocycles. The van der Waals surface area contributed by atoms with Crippen molar-refractivity contribution < 1.29 is 40.7 Å². The first-order valence-corrected chi connectivity index (χ1v) is 9.10. The van der Waals surface area contributed by atoms with Crippen LogP contribution >= 0.6 is 23.2 Å². The van der Waals surface area contributed by atoms with E-state index >= 15 is 0 Å². The summed E-state index contributed by atoms with van der Waals surface area (Å²) < 4.78 is 82.7. The van der Waals surface area contributed by atoms with Crippen molar-refractivity contribution >= 4 is 35.1 Å². The van der Waals surface area contributed by atoms with Gasteiger partial charge in [-0.05, 0) is 35.9 Å². The van der Waals surface area contributed by atoms with Gasteiger partial charge in [-0.2, -0.15) is 26.3 Å². The predicted molar refractivity (Wildman–Crippen MR) is 99.9 cm³/mol. The molecule has 0 unspecified atom stereocenters. The van der Waals surface area contributed by atoms with E-state index < -0.39 is 47.0 Å². The summed E-state index contributed by atoms with van der Waals surface area (Å²) in [5.74, 6) is -2.36. The van der Waals surface area contributed by atoms with Crippen molar-refractivity contribution in [2.75, 3.05) is 7.11 Å². The molecule has 0 spiro atoms. The van der Waals surface area contributed by atoms with E-state index in [0.717, 1.165) is 7.11 Å². The average Bonchev–Trinajstić information content (AvgIpc) is 2.67. The molecule has 1 N–H and O–H groups in total. The zero-order chi connectivity index (χ0) is 23.6. The highest BCUT2D eigenvalue weighted by Gasteiger charge is 2.38. The Kier molecular flexibility index (Phi) is 7.48. The van der Waals surface area contributed by atoms with E-state index in [4.69, 9.17) is 23.2 Å².